The molecule has 4 rings (SSSR count). The molecule has 0 aliphatic carbocycles. The van der Waals surface area contributed by atoms with E-state index in [1.165, 1.54) is 4.90 Å². The van der Waals surface area contributed by atoms with Gasteiger partial charge in [-0.05, 0) is 75.4 Å². The van der Waals surface area contributed by atoms with Crippen LogP contribution >= 0.6 is 12.2 Å². The number of piperidine rings is 1. The summed E-state index contributed by atoms with van der Waals surface area (Å²) in [6.45, 7) is 5.26. The average molecular weight is 488 g/mol. The summed E-state index contributed by atoms with van der Waals surface area (Å²) in [7, 11) is 1.61. The van der Waals surface area contributed by atoms with E-state index in [0.717, 1.165) is 11.3 Å². The molecule has 0 bridgehead atoms. The number of hydrogen-bond donors (Lipinski definition) is 3. The number of carbonyl (C=O) groups is 3. The summed E-state index contributed by atoms with van der Waals surface area (Å²) in [4.78, 5) is 42.2. The first-order valence-electron chi connectivity index (χ1n) is 11.8. The molecule has 3 aliphatic heterocycles. The Balaban J connectivity index is 1.33. The van der Waals surface area contributed by atoms with Gasteiger partial charge in [0.2, 0.25) is 5.91 Å². The molecule has 1 aromatic rings. The molecule has 0 radical (unpaired) electrons. The van der Waals surface area contributed by atoms with E-state index in [1.807, 2.05) is 43.0 Å². The van der Waals surface area contributed by atoms with Crippen LogP contribution in [0, 0.1) is 5.92 Å². The molecule has 3 heterocycles. The standard InChI is InChI=1S/C24H33N5O4S/c1-15-14-19(26-22(34)25-15)20(30)28-11-9-17(10-12-28)24(2)21(31)29(23(32)27-24)13-8-16-4-6-18(33-3)7-5-16/h4-7,15,17,19H,8-14H2,1-3H3,(H,27,32)(H2,25,26,34)/t15-,19+,24-/m1/s1. The summed E-state index contributed by atoms with van der Waals surface area (Å²) in [5.41, 5.74) is 0.0806. The largest absolute Gasteiger partial charge is 0.497 e. The van der Waals surface area contributed by atoms with Gasteiger partial charge < -0.3 is 25.6 Å². The smallest absolute Gasteiger partial charge is 0.325 e. The number of imide groups is 1. The van der Waals surface area contributed by atoms with E-state index in [1.54, 1.807) is 7.11 Å². The summed E-state index contributed by atoms with van der Waals surface area (Å²) >= 11 is 5.20. The Morgan fingerprint density at radius 1 is 1.18 bits per heavy atom. The number of urea groups is 1. The third-order valence-corrected chi connectivity index (χ3v) is 7.51. The second kappa shape index (κ2) is 9.77. The van der Waals surface area contributed by atoms with Gasteiger partial charge in [-0.2, -0.15) is 0 Å². The average Bonchev–Trinajstić information content (AvgIpc) is 3.05. The predicted molar refractivity (Wildman–Crippen MR) is 131 cm³/mol. The van der Waals surface area contributed by atoms with E-state index < -0.39 is 5.54 Å². The highest BCUT2D eigenvalue weighted by molar-refractivity contribution is 7.80. The minimum Gasteiger partial charge on any atom is -0.497 e. The fourth-order valence-corrected chi connectivity index (χ4v) is 5.53. The fourth-order valence-electron chi connectivity index (χ4n) is 5.18. The third-order valence-electron chi connectivity index (χ3n) is 7.28. The minimum absolute atomic E-state index is 0.0278. The second-order valence-corrected chi connectivity index (χ2v) is 10.0. The Hall–Kier alpha value is -2.88. The van der Waals surface area contributed by atoms with Crippen molar-refractivity contribution in [2.24, 2.45) is 5.92 Å². The Morgan fingerprint density at radius 3 is 2.47 bits per heavy atom. The highest BCUT2D eigenvalue weighted by Gasteiger charge is 2.52. The van der Waals surface area contributed by atoms with Crippen LogP contribution in [0.5, 0.6) is 5.75 Å². The van der Waals surface area contributed by atoms with Crippen molar-refractivity contribution in [3.8, 4) is 5.75 Å². The highest BCUT2D eigenvalue weighted by atomic mass is 32.1. The van der Waals surface area contributed by atoms with Gasteiger partial charge in [-0.1, -0.05) is 12.1 Å². The van der Waals surface area contributed by atoms with Gasteiger partial charge in [0.15, 0.2) is 5.11 Å². The maximum atomic E-state index is 13.3. The van der Waals surface area contributed by atoms with E-state index in [-0.39, 0.29) is 35.8 Å². The first-order valence-corrected chi connectivity index (χ1v) is 12.2. The molecule has 3 atom stereocenters. The summed E-state index contributed by atoms with van der Waals surface area (Å²) in [5, 5.41) is 9.65. The maximum absolute atomic E-state index is 13.3. The molecule has 0 unspecified atom stereocenters. The number of ether oxygens (including phenoxy) is 1. The monoisotopic (exact) mass is 487 g/mol. The Labute approximate surface area is 205 Å². The van der Waals surface area contributed by atoms with Crippen LogP contribution in [0.15, 0.2) is 24.3 Å². The van der Waals surface area contributed by atoms with Crippen LogP contribution in [0.1, 0.15) is 38.7 Å². The first-order chi connectivity index (χ1) is 16.2. The molecule has 0 saturated carbocycles. The summed E-state index contributed by atoms with van der Waals surface area (Å²) in [5.74, 6) is 0.599. The van der Waals surface area contributed by atoms with E-state index in [2.05, 4.69) is 16.0 Å². The molecule has 10 heteroatoms. The van der Waals surface area contributed by atoms with Crippen LogP contribution < -0.4 is 20.7 Å². The lowest BCUT2D eigenvalue weighted by atomic mass is 9.78. The van der Waals surface area contributed by atoms with Crippen LogP contribution in [0.2, 0.25) is 0 Å². The summed E-state index contributed by atoms with van der Waals surface area (Å²) < 4.78 is 5.18. The topological polar surface area (TPSA) is 103 Å². The van der Waals surface area contributed by atoms with Gasteiger partial charge >= 0.3 is 6.03 Å². The van der Waals surface area contributed by atoms with Crippen LogP contribution in [0.25, 0.3) is 0 Å². The number of amides is 4. The third kappa shape index (κ3) is 4.82. The van der Waals surface area contributed by atoms with Gasteiger partial charge in [-0.25, -0.2) is 4.79 Å². The Bertz CT molecular complexity index is 963. The van der Waals surface area contributed by atoms with Crippen molar-refractivity contribution in [3.05, 3.63) is 29.8 Å². The summed E-state index contributed by atoms with van der Waals surface area (Å²) in [6.07, 6.45) is 2.57. The van der Waals surface area contributed by atoms with Gasteiger partial charge in [-0.15, -0.1) is 0 Å². The number of carbonyl (C=O) groups excluding carboxylic acids is 3. The highest BCUT2D eigenvalue weighted by Crippen LogP contribution is 2.34. The van der Waals surface area contributed by atoms with Crippen molar-refractivity contribution >= 4 is 35.2 Å². The van der Waals surface area contributed by atoms with Gasteiger partial charge in [-0.3, -0.25) is 14.5 Å². The predicted octanol–water partition coefficient (Wildman–Crippen LogP) is 1.41. The Morgan fingerprint density at radius 2 is 1.85 bits per heavy atom. The van der Waals surface area contributed by atoms with Crippen LogP contribution in [-0.4, -0.2) is 77.1 Å². The van der Waals surface area contributed by atoms with Crippen molar-refractivity contribution in [2.45, 2.75) is 57.2 Å². The SMILES string of the molecule is COc1ccc(CCN2C(=O)N[C@](C)(C3CCN(C(=O)[C@@H]4C[C@@H](C)NC(=S)N4)CC3)C2=O)cc1. The lowest BCUT2D eigenvalue weighted by molar-refractivity contribution is -0.137. The molecule has 0 spiro atoms. The number of nitrogens with one attached hydrogen (secondary N) is 3. The van der Waals surface area contributed by atoms with Gasteiger partial charge in [0, 0.05) is 25.7 Å². The molecule has 3 fully saturated rings. The molecule has 4 amide bonds. The van der Waals surface area contributed by atoms with Crippen molar-refractivity contribution in [1.29, 1.82) is 0 Å². The minimum atomic E-state index is -0.949. The molecule has 184 valence electrons. The molecular weight excluding hydrogens is 454 g/mol. The normalized spacial score (nSPS) is 27.8. The van der Waals surface area contributed by atoms with Crippen molar-refractivity contribution in [1.82, 2.24) is 25.8 Å². The van der Waals surface area contributed by atoms with Crippen LogP contribution in [0.4, 0.5) is 4.79 Å². The van der Waals surface area contributed by atoms with Gasteiger partial charge in [0.1, 0.15) is 17.3 Å². The zero-order valence-corrected chi connectivity index (χ0v) is 20.7. The zero-order valence-electron chi connectivity index (χ0n) is 19.9. The number of thiocarbonyl (C=S) groups is 1. The number of likely N-dealkylation sites (tertiary alicyclic amines) is 1. The fraction of sp³-hybridized carbons (Fsp3) is 0.583. The lowest BCUT2D eigenvalue weighted by Crippen LogP contribution is -2.60. The van der Waals surface area contributed by atoms with Crippen molar-refractivity contribution < 1.29 is 19.1 Å². The van der Waals surface area contributed by atoms with E-state index in [0.29, 0.717) is 50.4 Å². The molecule has 0 aromatic heterocycles. The van der Waals surface area contributed by atoms with Crippen molar-refractivity contribution in [3.63, 3.8) is 0 Å². The Kier molecular flexibility index (Phi) is 6.97. The molecular formula is C24H33N5O4S. The van der Waals surface area contributed by atoms with Gasteiger partial charge in [0.25, 0.3) is 5.91 Å². The number of methoxy groups -OCH3 is 1. The number of benzene rings is 1. The molecule has 34 heavy (non-hydrogen) atoms. The van der Waals surface area contributed by atoms with Crippen LogP contribution in [0.3, 0.4) is 0 Å². The quantitative estimate of drug-likeness (QED) is 0.412. The molecule has 9 nitrogen and oxygen atoms in total. The van der Waals surface area contributed by atoms with Crippen LogP contribution in [-0.2, 0) is 16.0 Å². The first kappa shape index (κ1) is 24.3. The number of rotatable bonds is 6. The van der Waals surface area contributed by atoms with E-state index in [9.17, 15) is 14.4 Å². The van der Waals surface area contributed by atoms with Gasteiger partial charge in [0.05, 0.1) is 7.11 Å². The number of hydrogen-bond acceptors (Lipinski definition) is 5. The molecule has 3 N–H and O–H groups in total. The summed E-state index contributed by atoms with van der Waals surface area (Å²) in [6, 6.07) is 7.09. The molecule has 3 saturated heterocycles. The maximum Gasteiger partial charge on any atom is 0.325 e. The second-order valence-electron chi connectivity index (χ2n) is 9.59. The van der Waals surface area contributed by atoms with E-state index in [4.69, 9.17) is 17.0 Å². The van der Waals surface area contributed by atoms with Crippen molar-refractivity contribution in [2.75, 3.05) is 26.7 Å². The molecule has 3 aliphatic rings. The zero-order chi connectivity index (χ0) is 24.5. The molecule has 1 aromatic carbocycles. The van der Waals surface area contributed by atoms with E-state index >= 15 is 0 Å². The lowest BCUT2D eigenvalue weighted by Gasteiger charge is -2.41. The number of nitrogens with zero attached hydrogens (tertiary/aromatic N) is 2.